The van der Waals surface area contributed by atoms with E-state index in [1.807, 2.05) is 11.8 Å². The second-order valence-corrected chi connectivity index (χ2v) is 17.1. The van der Waals surface area contributed by atoms with E-state index in [9.17, 15) is 0 Å². The number of aromatic nitrogens is 1. The quantitative estimate of drug-likeness (QED) is 0.176. The Bertz CT molecular complexity index is 2370. The monoisotopic (exact) mass is 641 g/mol. The largest absolute Gasteiger partial charge is 0.309 e. The summed E-state index contributed by atoms with van der Waals surface area (Å²) in [4.78, 5) is 2.52. The molecule has 0 amide bonds. The highest BCUT2D eigenvalue weighted by Gasteiger charge is 2.34. The van der Waals surface area contributed by atoms with Gasteiger partial charge in [0.15, 0.2) is 0 Å². The van der Waals surface area contributed by atoms with Crippen molar-refractivity contribution in [1.82, 2.24) is 4.57 Å². The van der Waals surface area contributed by atoms with E-state index >= 15 is 0 Å². The standard InChI is InChI=1S/C42H28NPS2/c45-44(34-16-8-3-9-17-34)39-18-10-11-19-41(39)46-42-28-33(22-25-40(42)44)43-37-23-20-31(29-12-4-1-5-13-29)26-35(37)36-27-32(21-24-38(36)43)30-14-6-2-7-15-30/h1-28H. The third-order valence-electron chi connectivity index (χ3n) is 9.06. The first-order valence-corrected chi connectivity index (χ1v) is 19.1. The van der Waals surface area contributed by atoms with Crippen molar-refractivity contribution in [2.24, 2.45) is 0 Å². The van der Waals surface area contributed by atoms with Crippen LogP contribution in [0.15, 0.2) is 180 Å². The van der Waals surface area contributed by atoms with Gasteiger partial charge in [-0.25, -0.2) is 0 Å². The molecule has 1 nitrogen and oxygen atoms in total. The highest BCUT2D eigenvalue weighted by molar-refractivity contribution is 8.26. The zero-order valence-electron chi connectivity index (χ0n) is 24.9. The van der Waals surface area contributed by atoms with Crippen LogP contribution in [0, 0.1) is 0 Å². The van der Waals surface area contributed by atoms with Crippen LogP contribution < -0.4 is 15.9 Å². The van der Waals surface area contributed by atoms with Gasteiger partial charge in [0.2, 0.25) is 0 Å². The van der Waals surface area contributed by atoms with Crippen molar-refractivity contribution in [3.8, 4) is 27.9 Å². The van der Waals surface area contributed by atoms with Gasteiger partial charge < -0.3 is 4.57 Å². The molecule has 0 spiro atoms. The van der Waals surface area contributed by atoms with Gasteiger partial charge in [-0.15, -0.1) is 0 Å². The van der Waals surface area contributed by atoms with Crippen LogP contribution in [-0.2, 0) is 11.8 Å². The van der Waals surface area contributed by atoms with Gasteiger partial charge in [-0.3, -0.25) is 0 Å². The van der Waals surface area contributed by atoms with Gasteiger partial charge in [0, 0.05) is 42.9 Å². The van der Waals surface area contributed by atoms with Crippen LogP contribution in [0.5, 0.6) is 0 Å². The van der Waals surface area contributed by atoms with E-state index in [-0.39, 0.29) is 0 Å². The van der Waals surface area contributed by atoms with Gasteiger partial charge in [-0.1, -0.05) is 145 Å². The first-order chi connectivity index (χ1) is 22.7. The van der Waals surface area contributed by atoms with Crippen LogP contribution in [0.3, 0.4) is 0 Å². The molecule has 1 aliphatic heterocycles. The third kappa shape index (κ3) is 4.35. The summed E-state index contributed by atoms with van der Waals surface area (Å²) >= 11 is 8.59. The summed E-state index contributed by atoms with van der Waals surface area (Å²) in [7, 11) is 0. The molecule has 8 aromatic rings. The molecule has 1 atom stereocenters. The third-order valence-corrected chi connectivity index (χ3v) is 15.5. The summed E-state index contributed by atoms with van der Waals surface area (Å²) < 4.78 is 2.43. The smallest absolute Gasteiger partial charge is 0.0541 e. The second kappa shape index (κ2) is 11.0. The first-order valence-electron chi connectivity index (χ1n) is 15.5. The molecule has 0 fully saturated rings. The lowest BCUT2D eigenvalue weighted by atomic mass is 10.0. The predicted octanol–water partition coefficient (Wildman–Crippen LogP) is 10.3. The Hall–Kier alpha value is -4.66. The summed E-state index contributed by atoms with van der Waals surface area (Å²) in [5, 5.41) is 6.31. The maximum Gasteiger partial charge on any atom is 0.0541 e. The van der Waals surface area contributed by atoms with Crippen molar-refractivity contribution in [1.29, 1.82) is 0 Å². The zero-order chi connectivity index (χ0) is 30.7. The fourth-order valence-corrected chi connectivity index (χ4v) is 13.3. The number of benzene rings is 7. The van der Waals surface area contributed by atoms with Crippen LogP contribution in [0.1, 0.15) is 0 Å². The van der Waals surface area contributed by atoms with Crippen LogP contribution >= 0.6 is 17.8 Å². The molecule has 0 bridgehead atoms. The van der Waals surface area contributed by atoms with E-state index in [1.165, 1.54) is 69.8 Å². The maximum atomic E-state index is 6.74. The number of hydrogen-bond donors (Lipinski definition) is 0. The molecule has 1 unspecified atom stereocenters. The summed E-state index contributed by atoms with van der Waals surface area (Å²) in [5.74, 6) is 0. The predicted molar refractivity (Wildman–Crippen MR) is 202 cm³/mol. The zero-order valence-corrected chi connectivity index (χ0v) is 27.4. The van der Waals surface area contributed by atoms with Crippen LogP contribution in [0.25, 0.3) is 49.7 Å². The minimum Gasteiger partial charge on any atom is -0.309 e. The fourth-order valence-electron chi connectivity index (χ4n) is 6.87. The summed E-state index contributed by atoms with van der Waals surface area (Å²) in [6, 6.07) is 59.4. The summed E-state index contributed by atoms with van der Waals surface area (Å²) in [5.41, 5.74) is 8.43. The van der Waals surface area contributed by atoms with Gasteiger partial charge in [0.05, 0.1) is 11.0 Å². The van der Waals surface area contributed by atoms with Gasteiger partial charge in [0.25, 0.3) is 0 Å². The molecule has 2 heterocycles. The van der Waals surface area contributed by atoms with Crippen molar-refractivity contribution < 1.29 is 0 Å². The molecule has 0 aliphatic carbocycles. The van der Waals surface area contributed by atoms with E-state index in [2.05, 4.69) is 174 Å². The average Bonchev–Trinajstić information content (AvgIpc) is 3.45. The minimum atomic E-state index is -2.22. The molecule has 0 radical (unpaired) electrons. The average molecular weight is 642 g/mol. The van der Waals surface area contributed by atoms with Crippen molar-refractivity contribution in [3.63, 3.8) is 0 Å². The topological polar surface area (TPSA) is 4.93 Å². The van der Waals surface area contributed by atoms with Gasteiger partial charge in [-0.05, 0) is 76.1 Å². The number of fused-ring (bicyclic) bond motifs is 5. The first kappa shape index (κ1) is 27.6. The lowest BCUT2D eigenvalue weighted by molar-refractivity contribution is 1.17. The number of nitrogens with zero attached hydrogens (tertiary/aromatic N) is 1. The van der Waals surface area contributed by atoms with Crippen molar-refractivity contribution in [2.75, 3.05) is 0 Å². The van der Waals surface area contributed by atoms with Crippen molar-refractivity contribution in [2.45, 2.75) is 9.79 Å². The minimum absolute atomic E-state index is 1.15. The normalized spacial score (nSPS) is 15.5. The second-order valence-electron chi connectivity index (χ2n) is 11.7. The Kier molecular flexibility index (Phi) is 6.61. The molecular formula is C42H28NPS2. The molecule has 0 saturated heterocycles. The Morgan fingerprint density at radius 1 is 0.435 bits per heavy atom. The van der Waals surface area contributed by atoms with E-state index in [0.717, 1.165) is 5.69 Å². The van der Waals surface area contributed by atoms with E-state index < -0.39 is 6.04 Å². The molecule has 1 aliphatic rings. The Balaban J connectivity index is 1.28. The van der Waals surface area contributed by atoms with Gasteiger partial charge in [-0.2, -0.15) is 0 Å². The number of hydrogen-bond acceptors (Lipinski definition) is 2. The highest BCUT2D eigenvalue weighted by atomic mass is 32.4. The lowest BCUT2D eigenvalue weighted by Gasteiger charge is -2.32. The Morgan fingerprint density at radius 3 is 1.57 bits per heavy atom. The molecule has 0 N–H and O–H groups in total. The van der Waals surface area contributed by atoms with E-state index in [0.29, 0.717) is 0 Å². The van der Waals surface area contributed by atoms with Crippen LogP contribution in [-0.4, -0.2) is 4.57 Å². The maximum absolute atomic E-state index is 6.74. The molecule has 1 aromatic heterocycles. The van der Waals surface area contributed by atoms with Crippen LogP contribution in [0.2, 0.25) is 0 Å². The van der Waals surface area contributed by atoms with Crippen LogP contribution in [0.4, 0.5) is 0 Å². The summed E-state index contributed by atoms with van der Waals surface area (Å²) in [6.07, 6.45) is 0. The Labute approximate surface area is 278 Å². The summed E-state index contributed by atoms with van der Waals surface area (Å²) in [6.45, 7) is 0. The molecule has 7 aromatic carbocycles. The van der Waals surface area contributed by atoms with E-state index in [1.54, 1.807) is 0 Å². The molecule has 218 valence electrons. The SMILES string of the molecule is S=P1(c2ccccc2)c2ccccc2Sc2cc(-n3c4ccc(-c5ccccc5)cc4c4cc(-c5ccccc5)ccc43)ccc21. The van der Waals surface area contributed by atoms with Crippen molar-refractivity contribution >= 4 is 67.3 Å². The van der Waals surface area contributed by atoms with Gasteiger partial charge in [0.1, 0.15) is 0 Å². The van der Waals surface area contributed by atoms with Gasteiger partial charge >= 0.3 is 0 Å². The number of rotatable bonds is 4. The van der Waals surface area contributed by atoms with E-state index in [4.69, 9.17) is 11.8 Å². The molecule has 9 rings (SSSR count). The highest BCUT2D eigenvalue weighted by Crippen LogP contribution is 2.53. The fraction of sp³-hybridized carbons (Fsp3) is 0. The molecular weight excluding hydrogens is 614 g/mol. The Morgan fingerprint density at radius 2 is 0.957 bits per heavy atom. The lowest BCUT2D eigenvalue weighted by Crippen LogP contribution is -2.30. The van der Waals surface area contributed by atoms with Crippen molar-refractivity contribution in [3.05, 3.63) is 170 Å². The molecule has 0 saturated carbocycles. The molecule has 46 heavy (non-hydrogen) atoms. The molecule has 4 heteroatoms.